The Morgan fingerprint density at radius 1 is 1.03 bits per heavy atom. The Morgan fingerprint density at radius 3 is 2.36 bits per heavy atom. The third-order valence-corrected chi connectivity index (χ3v) is 13.2. The predicted molar refractivity (Wildman–Crippen MR) is 222 cm³/mol. The number of aliphatic hydroxyl groups excluding tert-OH is 2. The molecule has 66 heavy (non-hydrogen) atoms. The SMILES string of the molecule is C[C@@H](COc1ccc([N+](=O)[O-])cc1[N+](=O)[O-])C(=O)SCCNC(=O)CCNC(=O)[C@H](O)C(C)(C)COP(=O)(O)OP(=O)(O)OC[C@H]1O[C@@H](n2cnc3c(N)ncnc32)[C@H](O)[C@@H]1OP(=O)(O)O. The predicted octanol–water partition coefficient (Wildman–Crippen LogP) is 0.196. The van der Waals surface area contributed by atoms with Crippen molar-refractivity contribution >= 4 is 80.5 Å². The number of aliphatic hydroxyl groups is 2. The smallest absolute Gasteiger partial charge is 0.481 e. The number of thioether (sulfide) groups is 1. The molecule has 8 atom stereocenters. The maximum absolute atomic E-state index is 12.7. The number of nitro groups is 2. The van der Waals surface area contributed by atoms with Gasteiger partial charge in [-0.15, -0.1) is 0 Å². The van der Waals surface area contributed by atoms with E-state index in [1.807, 2.05) is 0 Å². The van der Waals surface area contributed by atoms with Crippen LogP contribution in [0.1, 0.15) is 33.4 Å². The highest BCUT2D eigenvalue weighted by Crippen LogP contribution is 2.61. The van der Waals surface area contributed by atoms with E-state index < -0.39 is 112 Å². The molecular formula is C31H44N9O22P3S. The molecule has 3 aromatic rings. The first-order valence-corrected chi connectivity index (χ1v) is 24.2. The normalized spacial score (nSPS) is 20.4. The lowest BCUT2D eigenvalue weighted by Crippen LogP contribution is -2.46. The van der Waals surface area contributed by atoms with Crippen LogP contribution in [-0.2, 0) is 50.7 Å². The minimum absolute atomic E-state index is 0.00647. The number of nitrogens with one attached hydrogen (secondary N) is 2. The Kier molecular flexibility index (Phi) is 18.4. The van der Waals surface area contributed by atoms with Crippen LogP contribution in [0, 0.1) is 31.6 Å². The highest BCUT2D eigenvalue weighted by molar-refractivity contribution is 8.13. The number of non-ortho nitro benzene ring substituents is 1. The van der Waals surface area contributed by atoms with Gasteiger partial charge < -0.3 is 55.6 Å². The van der Waals surface area contributed by atoms with Crippen molar-refractivity contribution in [1.29, 1.82) is 0 Å². The number of ether oxygens (including phenoxy) is 2. The Bertz CT molecular complexity index is 2420. The summed E-state index contributed by atoms with van der Waals surface area (Å²) in [4.78, 5) is 109. The van der Waals surface area contributed by atoms with E-state index in [0.717, 1.165) is 47.2 Å². The number of phosphoric acid groups is 3. The number of hydrogen-bond donors (Lipinski definition) is 9. The fraction of sp³-hybridized carbons (Fsp3) is 0.548. The van der Waals surface area contributed by atoms with E-state index in [0.29, 0.717) is 0 Å². The molecule has 1 fully saturated rings. The molecule has 35 heteroatoms. The van der Waals surface area contributed by atoms with Crippen LogP contribution in [0.25, 0.3) is 11.2 Å². The molecule has 31 nitrogen and oxygen atoms in total. The number of nitrogens with two attached hydrogens (primary N) is 1. The van der Waals surface area contributed by atoms with E-state index in [-0.39, 0.29) is 59.7 Å². The van der Waals surface area contributed by atoms with E-state index in [2.05, 4.69) is 34.4 Å². The number of phosphoric ester groups is 3. The fourth-order valence-electron chi connectivity index (χ4n) is 5.59. The summed E-state index contributed by atoms with van der Waals surface area (Å²) in [5, 5.41) is 48.1. The maximum atomic E-state index is 12.7. The molecule has 1 aliphatic rings. The van der Waals surface area contributed by atoms with Gasteiger partial charge in [-0.1, -0.05) is 32.5 Å². The van der Waals surface area contributed by atoms with Gasteiger partial charge in [-0.2, -0.15) is 4.31 Å². The van der Waals surface area contributed by atoms with Gasteiger partial charge in [0.25, 0.3) is 5.69 Å². The number of nitro benzene ring substituents is 2. The van der Waals surface area contributed by atoms with E-state index in [1.165, 1.54) is 20.8 Å². The van der Waals surface area contributed by atoms with Gasteiger partial charge in [0.15, 0.2) is 28.6 Å². The van der Waals surface area contributed by atoms with Gasteiger partial charge in [0, 0.05) is 36.7 Å². The molecule has 0 radical (unpaired) electrons. The summed E-state index contributed by atoms with van der Waals surface area (Å²) < 4.78 is 67.5. The van der Waals surface area contributed by atoms with Crippen LogP contribution in [0.2, 0.25) is 0 Å². The topological polar surface area (TPSA) is 459 Å². The number of fused-ring (bicyclic) bond motifs is 1. The largest absolute Gasteiger partial charge is 0.486 e. The minimum atomic E-state index is -5.62. The molecule has 1 saturated heterocycles. The summed E-state index contributed by atoms with van der Waals surface area (Å²) in [7, 11) is -16.5. The Morgan fingerprint density at radius 2 is 1.71 bits per heavy atom. The zero-order chi connectivity index (χ0) is 49.4. The number of aromatic nitrogens is 4. The minimum Gasteiger partial charge on any atom is -0.486 e. The quantitative estimate of drug-likeness (QED) is 0.0237. The molecular weight excluding hydrogens is 975 g/mol. The molecule has 0 aliphatic carbocycles. The summed E-state index contributed by atoms with van der Waals surface area (Å²) >= 11 is 0.827. The van der Waals surface area contributed by atoms with Crippen LogP contribution in [-0.4, -0.2) is 139 Å². The van der Waals surface area contributed by atoms with Gasteiger partial charge in [0.2, 0.25) is 11.8 Å². The van der Waals surface area contributed by atoms with E-state index in [9.17, 15) is 78.1 Å². The number of anilines is 1. The average molecular weight is 1020 g/mol. The zero-order valence-corrected chi connectivity index (χ0v) is 38.0. The van der Waals surface area contributed by atoms with Crippen molar-refractivity contribution in [3.63, 3.8) is 0 Å². The van der Waals surface area contributed by atoms with Gasteiger partial charge in [0.05, 0.1) is 48.0 Å². The number of nitrogen functional groups attached to an aromatic ring is 1. The summed E-state index contributed by atoms with van der Waals surface area (Å²) in [6, 6.07) is 2.80. The second-order valence-corrected chi connectivity index (χ2v) is 20.0. The van der Waals surface area contributed by atoms with E-state index >= 15 is 0 Å². The van der Waals surface area contributed by atoms with Crippen molar-refractivity contribution in [3.8, 4) is 5.75 Å². The number of carbonyl (C=O) groups excluding carboxylic acids is 3. The summed E-state index contributed by atoms with van der Waals surface area (Å²) in [6.45, 7) is 1.20. The number of amides is 2. The number of benzene rings is 1. The van der Waals surface area contributed by atoms with E-state index in [4.69, 9.17) is 24.3 Å². The number of carbonyl (C=O) groups is 3. The highest BCUT2D eigenvalue weighted by atomic mass is 32.2. The van der Waals surface area contributed by atoms with Gasteiger partial charge in [-0.3, -0.25) is 52.8 Å². The number of nitrogens with zero attached hydrogens (tertiary/aromatic N) is 6. The third kappa shape index (κ3) is 15.2. The molecule has 10 N–H and O–H groups in total. The summed E-state index contributed by atoms with van der Waals surface area (Å²) in [5.41, 5.74) is 2.97. The number of rotatable bonds is 25. The second kappa shape index (κ2) is 22.5. The molecule has 3 heterocycles. The molecule has 1 aliphatic heterocycles. The molecule has 4 rings (SSSR count). The van der Waals surface area contributed by atoms with E-state index in [1.54, 1.807) is 0 Å². The van der Waals surface area contributed by atoms with Crippen molar-refractivity contribution in [2.45, 2.75) is 57.8 Å². The second-order valence-electron chi connectivity index (χ2n) is 14.6. The molecule has 366 valence electrons. The summed E-state index contributed by atoms with van der Waals surface area (Å²) in [6.07, 6.45) is -7.28. The molecule has 2 amide bonds. The van der Waals surface area contributed by atoms with Crippen LogP contribution < -0.4 is 21.1 Å². The fourth-order valence-corrected chi connectivity index (χ4v) is 9.18. The van der Waals surface area contributed by atoms with Crippen LogP contribution in [0.4, 0.5) is 17.2 Å². The lowest BCUT2D eigenvalue weighted by Gasteiger charge is -2.30. The standard InChI is InChI=1S/C31H44N9O22P3S/c1-16(11-57-19-5-4-17(39(46)47)10-18(19)40(48)49)30(45)66-9-8-33-21(41)6-7-34-28(44)25(43)31(2,3)13-59-65(55,56)62-64(53,54)58-12-20-24(61-63(50,51)52)23(42)29(60-20)38-15-37-22-26(32)35-14-36-27(22)38/h4-5,10,14-16,20,23-25,29,42-43H,6-9,11-13H2,1-3H3,(H,33,41)(H,34,44)(H,53,54)(H,55,56)(H2,32,35,36)(H2,50,51,52)/t16-,20+,23+,24+,25-,29+/m0/s1. The van der Waals surface area contributed by atoms with Crippen LogP contribution in [0.15, 0.2) is 30.9 Å². The van der Waals surface area contributed by atoms with Crippen molar-refractivity contribution in [2.75, 3.05) is 44.4 Å². The lowest BCUT2D eigenvalue weighted by atomic mass is 9.87. The monoisotopic (exact) mass is 1020 g/mol. The molecule has 0 bridgehead atoms. The van der Waals surface area contributed by atoms with Crippen molar-refractivity contribution < 1.29 is 95.1 Å². The number of hydrogen-bond acceptors (Lipinski definition) is 23. The molecule has 2 unspecified atom stereocenters. The molecule has 1 aromatic carbocycles. The Balaban J connectivity index is 1.18. The van der Waals surface area contributed by atoms with Gasteiger partial charge in [0.1, 0.15) is 36.3 Å². The van der Waals surface area contributed by atoms with Crippen LogP contribution in [0.3, 0.4) is 0 Å². The van der Waals surface area contributed by atoms with Gasteiger partial charge >= 0.3 is 29.2 Å². The highest BCUT2D eigenvalue weighted by Gasteiger charge is 2.50. The summed E-state index contributed by atoms with van der Waals surface area (Å²) in [5.74, 6) is -2.61. The maximum Gasteiger partial charge on any atom is 0.481 e. The Hall–Kier alpha value is -4.62. The van der Waals surface area contributed by atoms with Crippen molar-refractivity contribution in [2.24, 2.45) is 11.3 Å². The lowest BCUT2D eigenvalue weighted by molar-refractivity contribution is -0.394. The first-order chi connectivity index (χ1) is 30.6. The first kappa shape index (κ1) is 54.0. The van der Waals surface area contributed by atoms with Gasteiger partial charge in [-0.05, 0) is 6.07 Å². The molecule has 0 saturated carbocycles. The number of imidazole rings is 1. The van der Waals surface area contributed by atoms with Crippen LogP contribution >= 0.6 is 35.2 Å². The average Bonchev–Trinajstić information content (AvgIpc) is 3.79. The molecule has 2 aromatic heterocycles. The van der Waals surface area contributed by atoms with Gasteiger partial charge in [-0.25, -0.2) is 28.6 Å². The van der Waals surface area contributed by atoms with Crippen molar-refractivity contribution in [3.05, 3.63) is 51.1 Å². The first-order valence-electron chi connectivity index (χ1n) is 18.7. The molecule has 0 spiro atoms. The third-order valence-electron chi connectivity index (χ3n) is 8.99. The van der Waals surface area contributed by atoms with Crippen molar-refractivity contribution in [1.82, 2.24) is 30.2 Å². The van der Waals surface area contributed by atoms with Crippen LogP contribution in [0.5, 0.6) is 5.75 Å². The zero-order valence-electron chi connectivity index (χ0n) is 34.5. The Labute approximate surface area is 375 Å².